The van der Waals surface area contributed by atoms with Crippen LogP contribution in [0.5, 0.6) is 0 Å². The number of carboxylic acids is 1. The van der Waals surface area contributed by atoms with E-state index in [1.54, 1.807) is 6.92 Å². The summed E-state index contributed by atoms with van der Waals surface area (Å²) in [5.74, 6) is -1.74. The number of nitrogens with one attached hydrogen (secondary N) is 1. The molecule has 1 fully saturated rings. The number of nitrogens with zero attached hydrogens (tertiary/aromatic N) is 1. The number of hydrogen-bond donors (Lipinski definition) is 2. The predicted molar refractivity (Wildman–Crippen MR) is 114 cm³/mol. The van der Waals surface area contributed by atoms with E-state index < -0.39 is 29.5 Å². The Labute approximate surface area is 176 Å². The minimum atomic E-state index is -1.30. The van der Waals surface area contributed by atoms with Crippen LogP contribution in [0.15, 0.2) is 54.6 Å². The number of amides is 3. The lowest BCUT2D eigenvalue weighted by atomic mass is 9.84. The molecule has 2 N–H and O–H groups in total. The molecule has 2 aromatic carbocycles. The molecular weight excluding hydrogens is 380 g/mol. The van der Waals surface area contributed by atoms with Crippen LogP contribution in [0.25, 0.3) is 0 Å². The number of rotatable bonds is 6. The maximum absolute atomic E-state index is 13.3. The third-order valence-corrected chi connectivity index (χ3v) is 5.70. The zero-order valence-corrected chi connectivity index (χ0v) is 17.8. The van der Waals surface area contributed by atoms with Crippen molar-refractivity contribution in [2.24, 2.45) is 0 Å². The fourth-order valence-corrected chi connectivity index (χ4v) is 3.75. The van der Waals surface area contributed by atoms with Gasteiger partial charge in [0.1, 0.15) is 11.6 Å². The second kappa shape index (κ2) is 7.94. The van der Waals surface area contributed by atoms with Gasteiger partial charge in [0, 0.05) is 0 Å². The van der Waals surface area contributed by atoms with Crippen molar-refractivity contribution in [3.05, 3.63) is 71.3 Å². The molecule has 0 spiro atoms. The SMILES string of the molecule is CC(C)(C)c1ccc(C2(C)NC(=O)N(C(CCc3ccccc3)C(=O)O)C2=O)cc1. The topological polar surface area (TPSA) is 86.7 Å². The molecular formula is C24H28N2O4. The number of hydrogen-bond acceptors (Lipinski definition) is 3. The zero-order valence-electron chi connectivity index (χ0n) is 17.8. The van der Waals surface area contributed by atoms with Gasteiger partial charge in [0.2, 0.25) is 0 Å². The van der Waals surface area contributed by atoms with Gasteiger partial charge in [-0.15, -0.1) is 0 Å². The first kappa shape index (κ1) is 21.6. The largest absolute Gasteiger partial charge is 0.480 e. The highest BCUT2D eigenvalue weighted by Gasteiger charge is 2.52. The lowest BCUT2D eigenvalue weighted by Crippen LogP contribution is -2.47. The molecule has 0 radical (unpaired) electrons. The van der Waals surface area contributed by atoms with Crippen LogP contribution in [0.1, 0.15) is 50.8 Å². The molecule has 1 aliphatic heterocycles. The van der Waals surface area contributed by atoms with Crippen LogP contribution >= 0.6 is 0 Å². The van der Waals surface area contributed by atoms with Gasteiger partial charge in [-0.2, -0.15) is 0 Å². The van der Waals surface area contributed by atoms with Crippen LogP contribution in [0.4, 0.5) is 4.79 Å². The number of aliphatic carboxylic acids is 1. The Kier molecular flexibility index (Phi) is 5.70. The number of imide groups is 1. The Morgan fingerprint density at radius 3 is 2.20 bits per heavy atom. The van der Waals surface area contributed by atoms with Crippen LogP contribution < -0.4 is 5.32 Å². The van der Waals surface area contributed by atoms with E-state index in [0.717, 1.165) is 16.0 Å². The van der Waals surface area contributed by atoms with E-state index in [2.05, 4.69) is 26.1 Å². The van der Waals surface area contributed by atoms with Crippen LogP contribution in [0.3, 0.4) is 0 Å². The van der Waals surface area contributed by atoms with E-state index in [-0.39, 0.29) is 11.8 Å². The first-order valence-electron chi connectivity index (χ1n) is 10.1. The maximum Gasteiger partial charge on any atom is 0.327 e. The molecule has 0 saturated carbocycles. The molecule has 2 unspecified atom stereocenters. The average molecular weight is 408 g/mol. The van der Waals surface area contributed by atoms with E-state index in [9.17, 15) is 19.5 Å². The van der Waals surface area contributed by atoms with Crippen LogP contribution in [0, 0.1) is 0 Å². The number of urea groups is 1. The smallest absolute Gasteiger partial charge is 0.327 e. The number of benzene rings is 2. The highest BCUT2D eigenvalue weighted by atomic mass is 16.4. The van der Waals surface area contributed by atoms with E-state index >= 15 is 0 Å². The summed E-state index contributed by atoms with van der Waals surface area (Å²) in [6.07, 6.45) is 0.601. The lowest BCUT2D eigenvalue weighted by Gasteiger charge is -2.26. The average Bonchev–Trinajstić information content (AvgIpc) is 2.92. The first-order chi connectivity index (χ1) is 14.0. The quantitative estimate of drug-likeness (QED) is 0.711. The van der Waals surface area contributed by atoms with Crippen molar-refractivity contribution in [1.29, 1.82) is 0 Å². The molecule has 1 heterocycles. The normalized spacial score (nSPS) is 20.2. The third-order valence-electron chi connectivity index (χ3n) is 5.70. The van der Waals surface area contributed by atoms with Crippen molar-refractivity contribution in [2.45, 2.75) is 57.5 Å². The minimum absolute atomic E-state index is 0.0414. The lowest BCUT2D eigenvalue weighted by molar-refractivity contribution is -0.148. The van der Waals surface area contributed by atoms with Crippen LogP contribution in [-0.2, 0) is 27.0 Å². The van der Waals surface area contributed by atoms with E-state index in [1.807, 2.05) is 54.6 Å². The maximum atomic E-state index is 13.3. The predicted octanol–water partition coefficient (Wildman–Crippen LogP) is 3.84. The summed E-state index contributed by atoms with van der Waals surface area (Å²) < 4.78 is 0. The number of carboxylic acid groups (broad SMARTS) is 1. The van der Waals surface area contributed by atoms with Crippen molar-refractivity contribution in [1.82, 2.24) is 10.2 Å². The molecule has 1 aliphatic rings. The van der Waals surface area contributed by atoms with Crippen molar-refractivity contribution in [2.75, 3.05) is 0 Å². The summed E-state index contributed by atoms with van der Waals surface area (Å²) >= 11 is 0. The summed E-state index contributed by atoms with van der Waals surface area (Å²) in [5.41, 5.74) is 1.35. The summed E-state index contributed by atoms with van der Waals surface area (Å²) in [6.45, 7) is 7.91. The molecule has 2 aromatic rings. The van der Waals surface area contributed by atoms with Crippen LogP contribution in [-0.4, -0.2) is 34.0 Å². The summed E-state index contributed by atoms with van der Waals surface area (Å²) in [6, 6.07) is 15.0. The summed E-state index contributed by atoms with van der Waals surface area (Å²) in [7, 11) is 0. The molecule has 0 aliphatic carbocycles. The van der Waals surface area contributed by atoms with Gasteiger partial charge in [0.15, 0.2) is 0 Å². The van der Waals surface area contributed by atoms with E-state index in [4.69, 9.17) is 0 Å². The van der Waals surface area contributed by atoms with Crippen molar-refractivity contribution >= 4 is 17.9 Å². The second-order valence-corrected chi connectivity index (χ2v) is 8.94. The highest BCUT2D eigenvalue weighted by molar-refractivity contribution is 6.09. The molecule has 3 amide bonds. The molecule has 6 heteroatoms. The molecule has 3 rings (SSSR count). The molecule has 1 saturated heterocycles. The molecule has 30 heavy (non-hydrogen) atoms. The fourth-order valence-electron chi connectivity index (χ4n) is 3.75. The molecule has 0 bridgehead atoms. The van der Waals surface area contributed by atoms with Gasteiger partial charge in [-0.05, 0) is 41.9 Å². The second-order valence-electron chi connectivity index (χ2n) is 8.94. The molecule has 0 aromatic heterocycles. The molecule has 2 atom stereocenters. The monoisotopic (exact) mass is 408 g/mol. The number of aryl methyl sites for hydroxylation is 1. The fraction of sp³-hybridized carbons (Fsp3) is 0.375. The van der Waals surface area contributed by atoms with Crippen LogP contribution in [0.2, 0.25) is 0 Å². The summed E-state index contributed by atoms with van der Waals surface area (Å²) in [5, 5.41) is 12.5. The molecule has 6 nitrogen and oxygen atoms in total. The van der Waals surface area contributed by atoms with Gasteiger partial charge in [-0.25, -0.2) is 14.5 Å². The van der Waals surface area contributed by atoms with Gasteiger partial charge in [0.05, 0.1) is 0 Å². The number of carbonyl (C=O) groups is 3. The van der Waals surface area contributed by atoms with E-state index in [1.165, 1.54) is 0 Å². The number of carbonyl (C=O) groups excluding carboxylic acids is 2. The Balaban J connectivity index is 1.85. The zero-order chi connectivity index (χ0) is 22.1. The van der Waals surface area contributed by atoms with Crippen molar-refractivity contribution < 1.29 is 19.5 Å². The van der Waals surface area contributed by atoms with E-state index in [0.29, 0.717) is 12.0 Å². The Hall–Kier alpha value is -3.15. The Bertz CT molecular complexity index is 947. The Morgan fingerprint density at radius 1 is 1.07 bits per heavy atom. The van der Waals surface area contributed by atoms with Gasteiger partial charge in [-0.1, -0.05) is 75.4 Å². The molecule has 158 valence electrons. The summed E-state index contributed by atoms with van der Waals surface area (Å²) in [4.78, 5) is 38.7. The van der Waals surface area contributed by atoms with Crippen molar-refractivity contribution in [3.63, 3.8) is 0 Å². The Morgan fingerprint density at radius 2 is 1.67 bits per heavy atom. The van der Waals surface area contributed by atoms with Gasteiger partial charge >= 0.3 is 12.0 Å². The van der Waals surface area contributed by atoms with Gasteiger partial charge in [-0.3, -0.25) is 4.79 Å². The highest BCUT2D eigenvalue weighted by Crippen LogP contribution is 2.32. The van der Waals surface area contributed by atoms with Gasteiger partial charge in [0.25, 0.3) is 5.91 Å². The van der Waals surface area contributed by atoms with Gasteiger partial charge < -0.3 is 10.4 Å². The standard InChI is InChI=1S/C24H28N2O4/c1-23(2,3)17-11-13-18(14-12-17)24(4)21(29)26(22(30)25-24)19(20(27)28)15-10-16-8-6-5-7-9-16/h5-9,11-14,19H,10,15H2,1-4H3,(H,25,30)(H,27,28). The minimum Gasteiger partial charge on any atom is -0.480 e. The van der Waals surface area contributed by atoms with Crippen molar-refractivity contribution in [3.8, 4) is 0 Å². The first-order valence-corrected chi connectivity index (χ1v) is 10.1. The third kappa shape index (κ3) is 4.08.